The fraction of sp³-hybridized carbons (Fsp3) is 0.286. The normalized spacial score (nSPS) is 15.7. The van der Waals surface area contributed by atoms with Gasteiger partial charge in [-0.1, -0.05) is 34.1 Å². The minimum Gasteiger partial charge on any atom is -0.372 e. The zero-order chi connectivity index (χ0) is 12.7. The molecule has 0 spiro atoms. The molecule has 2 heterocycles. The molecule has 0 fully saturated rings. The molecule has 2 aromatic rings. The number of alkyl halides is 1. The molecule has 1 nitrogen and oxygen atoms in total. The van der Waals surface area contributed by atoms with Gasteiger partial charge in [0.05, 0.1) is 21.8 Å². The van der Waals surface area contributed by atoms with Crippen LogP contribution in [0.4, 0.5) is 0 Å². The SMILES string of the molecule is Cc1sc(Br)cc1C(Br)c1ccc2c(c1)COC2. The van der Waals surface area contributed by atoms with Gasteiger partial charge in [-0.25, -0.2) is 0 Å². The zero-order valence-electron chi connectivity index (χ0n) is 9.87. The van der Waals surface area contributed by atoms with Crippen molar-refractivity contribution in [3.63, 3.8) is 0 Å². The Labute approximate surface area is 127 Å². The molecule has 1 aromatic carbocycles. The molecule has 18 heavy (non-hydrogen) atoms. The monoisotopic (exact) mass is 386 g/mol. The molecule has 1 unspecified atom stereocenters. The number of rotatable bonds is 2. The van der Waals surface area contributed by atoms with Crippen molar-refractivity contribution >= 4 is 43.2 Å². The van der Waals surface area contributed by atoms with Gasteiger partial charge in [0.2, 0.25) is 0 Å². The van der Waals surface area contributed by atoms with E-state index in [4.69, 9.17) is 4.74 Å². The van der Waals surface area contributed by atoms with E-state index in [-0.39, 0.29) is 4.83 Å². The first kappa shape index (κ1) is 12.9. The van der Waals surface area contributed by atoms with Crippen LogP contribution in [0.1, 0.15) is 32.0 Å². The molecule has 94 valence electrons. The predicted molar refractivity (Wildman–Crippen MR) is 82.5 cm³/mol. The van der Waals surface area contributed by atoms with Gasteiger partial charge >= 0.3 is 0 Å². The van der Waals surface area contributed by atoms with Gasteiger partial charge in [-0.3, -0.25) is 0 Å². The van der Waals surface area contributed by atoms with Crippen LogP contribution in [0.2, 0.25) is 0 Å². The molecule has 1 aromatic heterocycles. The van der Waals surface area contributed by atoms with Crippen LogP contribution in [0.3, 0.4) is 0 Å². The molecular weight excluding hydrogens is 376 g/mol. The summed E-state index contributed by atoms with van der Waals surface area (Å²) in [6.07, 6.45) is 0. The third-order valence-corrected chi connectivity index (χ3v) is 5.83. The van der Waals surface area contributed by atoms with Crippen LogP contribution in [0.5, 0.6) is 0 Å². The summed E-state index contributed by atoms with van der Waals surface area (Å²) in [5.41, 5.74) is 5.28. The smallest absolute Gasteiger partial charge is 0.0725 e. The average Bonchev–Trinajstić information content (AvgIpc) is 2.93. The molecule has 3 rings (SSSR count). The number of ether oxygens (including phenoxy) is 1. The van der Waals surface area contributed by atoms with E-state index in [1.54, 1.807) is 11.3 Å². The Kier molecular flexibility index (Phi) is 3.63. The third kappa shape index (κ3) is 2.31. The Morgan fingerprint density at radius 1 is 1.22 bits per heavy atom. The van der Waals surface area contributed by atoms with Crippen molar-refractivity contribution in [2.24, 2.45) is 0 Å². The molecule has 1 aliphatic rings. The van der Waals surface area contributed by atoms with E-state index in [1.807, 2.05) is 0 Å². The minimum atomic E-state index is 0.256. The molecule has 0 aliphatic carbocycles. The summed E-state index contributed by atoms with van der Waals surface area (Å²) in [6.45, 7) is 3.66. The van der Waals surface area contributed by atoms with E-state index in [0.29, 0.717) is 0 Å². The first-order chi connectivity index (χ1) is 8.65. The lowest BCUT2D eigenvalue weighted by atomic mass is 10.0. The highest BCUT2D eigenvalue weighted by Crippen LogP contribution is 2.39. The van der Waals surface area contributed by atoms with Crippen molar-refractivity contribution < 1.29 is 4.74 Å². The minimum absolute atomic E-state index is 0.256. The van der Waals surface area contributed by atoms with Gasteiger partial charge in [0.1, 0.15) is 0 Å². The Morgan fingerprint density at radius 3 is 2.72 bits per heavy atom. The van der Waals surface area contributed by atoms with Crippen LogP contribution in [0.25, 0.3) is 0 Å². The maximum Gasteiger partial charge on any atom is 0.0725 e. The lowest BCUT2D eigenvalue weighted by Crippen LogP contribution is -1.94. The number of thiophene rings is 1. The Hall–Kier alpha value is -0.160. The van der Waals surface area contributed by atoms with Gasteiger partial charge in [-0.05, 0) is 51.2 Å². The number of hydrogen-bond acceptors (Lipinski definition) is 2. The van der Waals surface area contributed by atoms with E-state index in [2.05, 4.69) is 63.0 Å². The second-order valence-corrected chi connectivity index (χ2v) is 8.00. The molecule has 0 saturated heterocycles. The number of aryl methyl sites for hydroxylation is 1. The summed E-state index contributed by atoms with van der Waals surface area (Å²) < 4.78 is 6.65. The number of halogens is 2. The first-order valence-corrected chi connectivity index (χ1v) is 8.27. The number of benzene rings is 1. The zero-order valence-corrected chi connectivity index (χ0v) is 13.9. The van der Waals surface area contributed by atoms with E-state index in [1.165, 1.54) is 30.9 Å². The van der Waals surface area contributed by atoms with Crippen LogP contribution in [0.15, 0.2) is 28.1 Å². The Morgan fingerprint density at radius 2 is 2.00 bits per heavy atom. The van der Waals surface area contributed by atoms with E-state index < -0.39 is 0 Å². The molecule has 0 N–H and O–H groups in total. The summed E-state index contributed by atoms with van der Waals surface area (Å²) in [6, 6.07) is 8.83. The molecule has 4 heteroatoms. The van der Waals surface area contributed by atoms with Crippen LogP contribution >= 0.6 is 43.2 Å². The maximum absolute atomic E-state index is 5.46. The maximum atomic E-state index is 5.46. The van der Waals surface area contributed by atoms with Crippen molar-refractivity contribution in [2.75, 3.05) is 0 Å². The van der Waals surface area contributed by atoms with Gasteiger partial charge < -0.3 is 4.74 Å². The van der Waals surface area contributed by atoms with Gasteiger partial charge in [-0.15, -0.1) is 11.3 Å². The van der Waals surface area contributed by atoms with E-state index >= 15 is 0 Å². The molecular formula is C14H12Br2OS. The molecule has 1 aliphatic heterocycles. The number of hydrogen-bond donors (Lipinski definition) is 0. The molecule has 0 bridgehead atoms. The summed E-state index contributed by atoms with van der Waals surface area (Å²) in [5, 5.41) is 0. The molecule has 0 saturated carbocycles. The lowest BCUT2D eigenvalue weighted by Gasteiger charge is -2.11. The van der Waals surface area contributed by atoms with E-state index in [9.17, 15) is 0 Å². The van der Waals surface area contributed by atoms with Crippen LogP contribution in [0, 0.1) is 6.92 Å². The highest BCUT2D eigenvalue weighted by Gasteiger charge is 2.18. The first-order valence-electron chi connectivity index (χ1n) is 5.74. The summed E-state index contributed by atoms with van der Waals surface area (Å²) in [4.78, 5) is 1.60. The van der Waals surface area contributed by atoms with Crippen molar-refractivity contribution in [1.82, 2.24) is 0 Å². The van der Waals surface area contributed by atoms with Gasteiger partial charge in [0.15, 0.2) is 0 Å². The summed E-state index contributed by atoms with van der Waals surface area (Å²) in [5.74, 6) is 0. The van der Waals surface area contributed by atoms with Crippen LogP contribution in [-0.4, -0.2) is 0 Å². The van der Waals surface area contributed by atoms with Gasteiger partial charge in [0.25, 0.3) is 0 Å². The fourth-order valence-corrected chi connectivity index (χ4v) is 4.90. The molecule has 0 amide bonds. The van der Waals surface area contributed by atoms with Crippen LogP contribution in [-0.2, 0) is 18.0 Å². The van der Waals surface area contributed by atoms with Crippen LogP contribution < -0.4 is 0 Å². The molecule has 0 radical (unpaired) electrons. The summed E-state index contributed by atoms with van der Waals surface area (Å²) >= 11 is 9.14. The average molecular weight is 388 g/mol. The largest absolute Gasteiger partial charge is 0.372 e. The Bertz CT molecular complexity index is 591. The summed E-state index contributed by atoms with van der Waals surface area (Å²) in [7, 11) is 0. The highest BCUT2D eigenvalue weighted by atomic mass is 79.9. The second-order valence-electron chi connectivity index (χ2n) is 4.45. The molecule has 1 atom stereocenters. The van der Waals surface area contributed by atoms with Crippen molar-refractivity contribution in [2.45, 2.75) is 25.0 Å². The van der Waals surface area contributed by atoms with E-state index in [0.717, 1.165) is 13.2 Å². The lowest BCUT2D eigenvalue weighted by molar-refractivity contribution is 0.134. The third-order valence-electron chi connectivity index (χ3n) is 3.24. The van der Waals surface area contributed by atoms with Gasteiger partial charge in [-0.2, -0.15) is 0 Å². The highest BCUT2D eigenvalue weighted by molar-refractivity contribution is 9.11. The van der Waals surface area contributed by atoms with Crippen molar-refractivity contribution in [3.05, 3.63) is 55.2 Å². The topological polar surface area (TPSA) is 9.23 Å². The Balaban J connectivity index is 1.97. The van der Waals surface area contributed by atoms with Crippen molar-refractivity contribution in [1.29, 1.82) is 0 Å². The number of fused-ring (bicyclic) bond motifs is 1. The van der Waals surface area contributed by atoms with Crippen molar-refractivity contribution in [3.8, 4) is 0 Å². The van der Waals surface area contributed by atoms with Gasteiger partial charge in [0, 0.05) is 4.88 Å². The quantitative estimate of drug-likeness (QED) is 0.632. The fourth-order valence-electron chi connectivity index (χ4n) is 2.24. The predicted octanol–water partition coefficient (Wildman–Crippen LogP) is 5.33. The second kappa shape index (κ2) is 5.08. The standard InChI is InChI=1S/C14H12Br2OS/c1-8-12(5-13(15)18-8)14(16)9-2-3-10-6-17-7-11(10)4-9/h2-5,14H,6-7H2,1H3.